The summed E-state index contributed by atoms with van der Waals surface area (Å²) < 4.78 is 15.9. The van der Waals surface area contributed by atoms with Gasteiger partial charge in [0.2, 0.25) is 0 Å². The third-order valence-corrected chi connectivity index (χ3v) is 3.06. The molecule has 0 aliphatic rings. The van der Waals surface area contributed by atoms with Crippen molar-refractivity contribution in [3.8, 4) is 11.5 Å². The molecule has 2 aromatic carbocycles. The Labute approximate surface area is 141 Å². The largest absolute Gasteiger partial charge is 0.490 e. The maximum Gasteiger partial charge on any atom is 0.427 e. The van der Waals surface area contributed by atoms with Crippen molar-refractivity contribution < 1.29 is 19.0 Å². The molecule has 24 heavy (non-hydrogen) atoms. The van der Waals surface area contributed by atoms with Crippen molar-refractivity contribution >= 4 is 12.3 Å². The van der Waals surface area contributed by atoms with Gasteiger partial charge in [-0.3, -0.25) is 0 Å². The van der Waals surface area contributed by atoms with Crippen molar-refractivity contribution in [1.29, 1.82) is 0 Å². The number of nitrogens with one attached hydrogen (secondary N) is 1. The van der Waals surface area contributed by atoms with Gasteiger partial charge in [0.05, 0.1) is 19.9 Å². The van der Waals surface area contributed by atoms with Crippen molar-refractivity contribution in [2.24, 2.45) is 5.10 Å². The molecule has 0 aromatic heterocycles. The normalized spacial score (nSPS) is 10.4. The minimum atomic E-state index is -0.626. The second-order valence-electron chi connectivity index (χ2n) is 4.78. The van der Waals surface area contributed by atoms with Crippen LogP contribution in [0.15, 0.2) is 53.6 Å². The van der Waals surface area contributed by atoms with Crippen molar-refractivity contribution in [3.63, 3.8) is 0 Å². The molecule has 0 aliphatic heterocycles. The van der Waals surface area contributed by atoms with Crippen molar-refractivity contribution in [1.82, 2.24) is 5.43 Å². The average molecular weight is 328 g/mol. The molecule has 0 bridgehead atoms. The number of amides is 1. The van der Waals surface area contributed by atoms with Crippen molar-refractivity contribution in [2.75, 3.05) is 13.7 Å². The molecule has 0 heterocycles. The summed E-state index contributed by atoms with van der Waals surface area (Å²) in [7, 11) is 1.27. The van der Waals surface area contributed by atoms with Crippen LogP contribution in [0.25, 0.3) is 0 Å². The predicted molar refractivity (Wildman–Crippen MR) is 91.5 cm³/mol. The highest BCUT2D eigenvalue weighted by atomic mass is 16.5. The van der Waals surface area contributed by atoms with Crippen LogP contribution in [-0.2, 0) is 11.3 Å². The molecule has 0 aliphatic carbocycles. The van der Waals surface area contributed by atoms with Crippen LogP contribution in [0.3, 0.4) is 0 Å². The first-order valence-electron chi connectivity index (χ1n) is 7.53. The molecule has 0 saturated carbocycles. The van der Waals surface area contributed by atoms with Gasteiger partial charge >= 0.3 is 6.09 Å². The first-order valence-corrected chi connectivity index (χ1v) is 7.53. The molecule has 2 rings (SSSR count). The molecule has 0 spiro atoms. The molecule has 6 heteroatoms. The second-order valence-corrected chi connectivity index (χ2v) is 4.78. The van der Waals surface area contributed by atoms with Gasteiger partial charge < -0.3 is 14.2 Å². The lowest BCUT2D eigenvalue weighted by Gasteiger charge is -2.12. The molecule has 6 nitrogen and oxygen atoms in total. The van der Waals surface area contributed by atoms with Crippen LogP contribution in [0.5, 0.6) is 11.5 Å². The van der Waals surface area contributed by atoms with Gasteiger partial charge in [-0.05, 0) is 36.2 Å². The Bertz CT molecular complexity index is 687. The van der Waals surface area contributed by atoms with Crippen LogP contribution in [-0.4, -0.2) is 26.0 Å². The topological polar surface area (TPSA) is 69.2 Å². The third kappa shape index (κ3) is 5.31. The Morgan fingerprint density at radius 2 is 1.92 bits per heavy atom. The summed E-state index contributed by atoms with van der Waals surface area (Å²) in [4.78, 5) is 11.0. The Kier molecular flexibility index (Phi) is 6.64. The molecule has 1 amide bonds. The molecule has 0 fully saturated rings. The molecule has 126 valence electrons. The first-order chi connectivity index (χ1) is 11.7. The standard InChI is InChI=1S/C18H20N2O4/c1-3-23-17-11-15(12-19-20-18(21)22-2)9-10-16(17)24-13-14-7-5-4-6-8-14/h4-12H,3,13H2,1-2H3,(H,20,21). The lowest BCUT2D eigenvalue weighted by Crippen LogP contribution is -2.16. The lowest BCUT2D eigenvalue weighted by molar-refractivity contribution is 0.171. The van der Waals surface area contributed by atoms with Crippen molar-refractivity contribution in [3.05, 3.63) is 59.7 Å². The van der Waals surface area contributed by atoms with E-state index in [1.54, 1.807) is 6.07 Å². The third-order valence-electron chi connectivity index (χ3n) is 3.06. The Hall–Kier alpha value is -3.02. The van der Waals surface area contributed by atoms with Gasteiger partial charge in [-0.2, -0.15) is 5.10 Å². The Morgan fingerprint density at radius 3 is 2.62 bits per heavy atom. The van der Waals surface area contributed by atoms with Gasteiger partial charge in [0.25, 0.3) is 0 Å². The molecule has 1 N–H and O–H groups in total. The molecule has 0 atom stereocenters. The zero-order valence-electron chi connectivity index (χ0n) is 13.7. The summed E-state index contributed by atoms with van der Waals surface area (Å²) in [5.41, 5.74) is 4.07. The van der Waals surface area contributed by atoms with E-state index < -0.39 is 6.09 Å². The van der Waals surface area contributed by atoms with Crippen LogP contribution in [0, 0.1) is 0 Å². The van der Waals surface area contributed by atoms with Gasteiger partial charge in [0.15, 0.2) is 11.5 Å². The predicted octanol–water partition coefficient (Wildman–Crippen LogP) is 3.35. The number of benzene rings is 2. The number of hydrazone groups is 1. The lowest BCUT2D eigenvalue weighted by atomic mass is 10.2. The number of nitrogens with zero attached hydrogens (tertiary/aromatic N) is 1. The van der Waals surface area contributed by atoms with Gasteiger partial charge in [-0.1, -0.05) is 30.3 Å². The number of carbonyl (C=O) groups excluding carboxylic acids is 1. The molecular formula is C18H20N2O4. The van der Waals surface area contributed by atoms with E-state index in [1.165, 1.54) is 13.3 Å². The Balaban J connectivity index is 2.06. The van der Waals surface area contributed by atoms with Crippen LogP contribution in [0.2, 0.25) is 0 Å². The summed E-state index contributed by atoms with van der Waals surface area (Å²) in [5, 5.41) is 3.79. The number of ether oxygens (including phenoxy) is 3. The maximum atomic E-state index is 11.0. The summed E-state index contributed by atoms with van der Waals surface area (Å²) in [6.45, 7) is 2.88. The van der Waals surface area contributed by atoms with E-state index in [-0.39, 0.29) is 0 Å². The quantitative estimate of drug-likeness (QED) is 0.625. The highest BCUT2D eigenvalue weighted by Gasteiger charge is 2.06. The van der Waals surface area contributed by atoms with E-state index in [9.17, 15) is 4.79 Å². The summed E-state index contributed by atoms with van der Waals surface area (Å²) in [6.07, 6.45) is 0.875. The highest BCUT2D eigenvalue weighted by molar-refractivity contribution is 5.82. The number of methoxy groups -OCH3 is 1. The molecule has 0 unspecified atom stereocenters. The second kappa shape index (κ2) is 9.19. The number of rotatable bonds is 7. The number of carbonyl (C=O) groups is 1. The first kappa shape index (κ1) is 17.3. The maximum absolute atomic E-state index is 11.0. The van der Waals surface area contributed by atoms with Crippen LogP contribution in [0.1, 0.15) is 18.1 Å². The summed E-state index contributed by atoms with van der Waals surface area (Å²) in [6, 6.07) is 15.3. The smallest absolute Gasteiger partial charge is 0.427 e. The van der Waals surface area contributed by atoms with Crippen LogP contribution in [0.4, 0.5) is 4.79 Å². The van der Waals surface area contributed by atoms with Gasteiger partial charge in [0.1, 0.15) is 6.61 Å². The molecule has 0 radical (unpaired) electrons. The fourth-order valence-electron chi connectivity index (χ4n) is 1.93. The molecule has 0 saturated heterocycles. The van der Waals surface area contributed by atoms with E-state index in [0.29, 0.717) is 24.7 Å². The summed E-state index contributed by atoms with van der Waals surface area (Å²) >= 11 is 0. The number of hydrogen-bond donors (Lipinski definition) is 1. The van der Waals surface area contributed by atoms with Crippen molar-refractivity contribution in [2.45, 2.75) is 13.5 Å². The van der Waals surface area contributed by atoms with Gasteiger partial charge in [0, 0.05) is 0 Å². The monoisotopic (exact) mass is 328 g/mol. The zero-order chi connectivity index (χ0) is 17.2. The fourth-order valence-corrected chi connectivity index (χ4v) is 1.93. The highest BCUT2D eigenvalue weighted by Crippen LogP contribution is 2.28. The van der Waals surface area contributed by atoms with E-state index in [2.05, 4.69) is 15.3 Å². The van der Waals surface area contributed by atoms with E-state index in [1.807, 2.05) is 49.4 Å². The van der Waals surface area contributed by atoms with E-state index >= 15 is 0 Å². The van der Waals surface area contributed by atoms with Gasteiger partial charge in [-0.25, -0.2) is 10.2 Å². The SMILES string of the molecule is CCOc1cc(C=NNC(=O)OC)ccc1OCc1ccccc1. The Morgan fingerprint density at radius 1 is 1.12 bits per heavy atom. The van der Waals surface area contributed by atoms with Crippen LogP contribution < -0.4 is 14.9 Å². The summed E-state index contributed by atoms with van der Waals surface area (Å²) in [5.74, 6) is 1.27. The average Bonchev–Trinajstić information content (AvgIpc) is 2.62. The zero-order valence-corrected chi connectivity index (χ0v) is 13.7. The van der Waals surface area contributed by atoms with Crippen LogP contribution >= 0.6 is 0 Å². The fraction of sp³-hybridized carbons (Fsp3) is 0.222. The minimum Gasteiger partial charge on any atom is -0.490 e. The number of hydrogen-bond acceptors (Lipinski definition) is 5. The molecule has 2 aromatic rings. The molecular weight excluding hydrogens is 308 g/mol. The van der Waals surface area contributed by atoms with E-state index in [4.69, 9.17) is 9.47 Å². The van der Waals surface area contributed by atoms with Gasteiger partial charge in [-0.15, -0.1) is 0 Å². The van der Waals surface area contributed by atoms with E-state index in [0.717, 1.165) is 11.1 Å². The minimum absolute atomic E-state index is 0.457.